The van der Waals surface area contributed by atoms with E-state index in [1.165, 1.54) is 20.5 Å². The van der Waals surface area contributed by atoms with Gasteiger partial charge in [-0.05, 0) is 29.7 Å². The van der Waals surface area contributed by atoms with Gasteiger partial charge in [0.2, 0.25) is 0 Å². The molecule has 4 rings (SSSR count). The van der Waals surface area contributed by atoms with E-state index in [1.807, 2.05) is 23.7 Å². The molecule has 86 valence electrons. The zero-order valence-corrected chi connectivity index (χ0v) is 10.4. The Kier molecular flexibility index (Phi) is 2.02. The summed E-state index contributed by atoms with van der Waals surface area (Å²) in [6.45, 7) is 0. The minimum absolute atomic E-state index is 0.944. The number of hydrogen-bond acceptors (Lipinski definition) is 2. The minimum Gasteiger partial charge on any atom is -0.346 e. The molecule has 0 spiro atoms. The fourth-order valence-electron chi connectivity index (χ4n) is 2.20. The third-order valence-electron chi connectivity index (χ3n) is 3.11. The molecule has 0 aliphatic heterocycles. The van der Waals surface area contributed by atoms with Crippen LogP contribution in [0.1, 0.15) is 0 Å². The number of pyridine rings is 1. The molecule has 0 radical (unpaired) electrons. The van der Waals surface area contributed by atoms with Crippen LogP contribution in [-0.2, 0) is 0 Å². The number of aromatic nitrogens is 2. The molecule has 0 aliphatic carbocycles. The van der Waals surface area contributed by atoms with Gasteiger partial charge in [0.25, 0.3) is 0 Å². The van der Waals surface area contributed by atoms with Crippen molar-refractivity contribution in [3.8, 4) is 10.4 Å². The van der Waals surface area contributed by atoms with Gasteiger partial charge in [-0.2, -0.15) is 0 Å². The maximum Gasteiger partial charge on any atom is 0.137 e. The third kappa shape index (κ3) is 1.45. The Labute approximate surface area is 108 Å². The summed E-state index contributed by atoms with van der Waals surface area (Å²) < 4.78 is 1.32. The largest absolute Gasteiger partial charge is 0.346 e. The van der Waals surface area contributed by atoms with E-state index in [0.717, 1.165) is 11.0 Å². The van der Waals surface area contributed by atoms with Gasteiger partial charge in [-0.3, -0.25) is 0 Å². The summed E-state index contributed by atoms with van der Waals surface area (Å²) in [6.07, 6.45) is 3.86. The SMILES string of the molecule is c1ccc2sc(-c3cnc4[nH]ccc4c3)cc2c1. The van der Waals surface area contributed by atoms with E-state index >= 15 is 0 Å². The molecule has 0 atom stereocenters. The Hall–Kier alpha value is -2.13. The molecule has 0 saturated heterocycles. The summed E-state index contributed by atoms with van der Waals surface area (Å²) in [7, 11) is 0. The van der Waals surface area contributed by atoms with Crippen LogP contribution in [0.4, 0.5) is 0 Å². The minimum atomic E-state index is 0.944. The number of nitrogens with one attached hydrogen (secondary N) is 1. The second-order valence-corrected chi connectivity index (χ2v) is 5.37. The van der Waals surface area contributed by atoms with E-state index in [1.54, 1.807) is 0 Å². The standard InChI is InChI=1S/C15H10N2S/c1-2-4-13-10(3-1)8-14(18-13)12-7-11-5-6-16-15(11)17-9-12/h1-9H,(H,16,17). The van der Waals surface area contributed by atoms with Gasteiger partial charge < -0.3 is 4.98 Å². The number of H-pyrrole nitrogens is 1. The Morgan fingerprint density at radius 1 is 1.00 bits per heavy atom. The van der Waals surface area contributed by atoms with Crippen molar-refractivity contribution in [3.05, 3.63) is 54.9 Å². The first-order valence-corrected chi connectivity index (χ1v) is 6.64. The van der Waals surface area contributed by atoms with Crippen LogP contribution in [0.2, 0.25) is 0 Å². The van der Waals surface area contributed by atoms with Gasteiger partial charge in [0.15, 0.2) is 0 Å². The highest BCUT2D eigenvalue weighted by molar-refractivity contribution is 7.22. The first-order valence-electron chi connectivity index (χ1n) is 5.82. The second-order valence-electron chi connectivity index (χ2n) is 4.29. The summed E-state index contributed by atoms with van der Waals surface area (Å²) in [5, 5.41) is 2.46. The lowest BCUT2D eigenvalue weighted by atomic mass is 10.2. The summed E-state index contributed by atoms with van der Waals surface area (Å²) in [5.74, 6) is 0. The number of aromatic amines is 1. The molecule has 0 amide bonds. The predicted octanol–water partition coefficient (Wildman–Crippen LogP) is 4.44. The molecule has 0 saturated carbocycles. The average Bonchev–Trinajstić information content (AvgIpc) is 3.04. The lowest BCUT2D eigenvalue weighted by Gasteiger charge is -1.96. The number of hydrogen-bond donors (Lipinski definition) is 1. The van der Waals surface area contributed by atoms with E-state index in [4.69, 9.17) is 0 Å². The fourth-order valence-corrected chi connectivity index (χ4v) is 3.24. The molecule has 0 bridgehead atoms. The summed E-state index contributed by atoms with van der Waals surface area (Å²) >= 11 is 1.81. The summed E-state index contributed by atoms with van der Waals surface area (Å²) in [4.78, 5) is 8.83. The summed E-state index contributed by atoms with van der Waals surface area (Å²) in [5.41, 5.74) is 2.13. The molecular weight excluding hydrogens is 240 g/mol. The normalized spacial score (nSPS) is 11.3. The first-order chi connectivity index (χ1) is 8.90. The molecular formula is C15H10N2S. The molecule has 0 unspecified atom stereocenters. The molecule has 0 aliphatic rings. The van der Waals surface area contributed by atoms with Crippen LogP contribution in [-0.4, -0.2) is 9.97 Å². The maximum absolute atomic E-state index is 4.44. The van der Waals surface area contributed by atoms with Crippen LogP contribution >= 0.6 is 11.3 Å². The van der Waals surface area contributed by atoms with Crippen molar-refractivity contribution in [2.45, 2.75) is 0 Å². The number of benzene rings is 1. The Balaban J connectivity index is 1.94. The van der Waals surface area contributed by atoms with E-state index < -0.39 is 0 Å². The number of thiophene rings is 1. The van der Waals surface area contributed by atoms with E-state index in [0.29, 0.717) is 0 Å². The Morgan fingerprint density at radius 3 is 2.89 bits per heavy atom. The highest BCUT2D eigenvalue weighted by Crippen LogP contribution is 2.33. The van der Waals surface area contributed by atoms with Gasteiger partial charge in [0.05, 0.1) is 0 Å². The van der Waals surface area contributed by atoms with Crippen LogP contribution in [0.15, 0.2) is 54.9 Å². The van der Waals surface area contributed by atoms with Gasteiger partial charge in [-0.15, -0.1) is 11.3 Å². The Morgan fingerprint density at radius 2 is 1.94 bits per heavy atom. The quantitative estimate of drug-likeness (QED) is 0.531. The zero-order valence-electron chi connectivity index (χ0n) is 9.55. The molecule has 3 heterocycles. The third-order valence-corrected chi connectivity index (χ3v) is 4.28. The monoisotopic (exact) mass is 250 g/mol. The van der Waals surface area contributed by atoms with Gasteiger partial charge in [-0.25, -0.2) is 4.98 Å². The van der Waals surface area contributed by atoms with Crippen molar-refractivity contribution < 1.29 is 0 Å². The van der Waals surface area contributed by atoms with Gasteiger partial charge in [-0.1, -0.05) is 18.2 Å². The molecule has 1 aromatic carbocycles. The first kappa shape index (κ1) is 9.85. The van der Waals surface area contributed by atoms with E-state index in [-0.39, 0.29) is 0 Å². The van der Waals surface area contributed by atoms with E-state index in [2.05, 4.69) is 52.4 Å². The predicted molar refractivity (Wildman–Crippen MR) is 76.9 cm³/mol. The zero-order chi connectivity index (χ0) is 11.9. The molecule has 4 aromatic rings. The average molecular weight is 250 g/mol. The van der Waals surface area contributed by atoms with Crippen molar-refractivity contribution in [2.75, 3.05) is 0 Å². The van der Waals surface area contributed by atoms with Crippen LogP contribution < -0.4 is 0 Å². The van der Waals surface area contributed by atoms with Gasteiger partial charge in [0, 0.05) is 32.9 Å². The van der Waals surface area contributed by atoms with Crippen molar-refractivity contribution in [3.63, 3.8) is 0 Å². The van der Waals surface area contributed by atoms with E-state index in [9.17, 15) is 0 Å². The highest BCUT2D eigenvalue weighted by atomic mass is 32.1. The van der Waals surface area contributed by atoms with Crippen LogP contribution in [0.5, 0.6) is 0 Å². The fraction of sp³-hybridized carbons (Fsp3) is 0. The highest BCUT2D eigenvalue weighted by Gasteiger charge is 2.05. The summed E-state index contributed by atoms with van der Waals surface area (Å²) in [6, 6.07) is 14.9. The second kappa shape index (κ2) is 3.68. The van der Waals surface area contributed by atoms with Crippen LogP contribution in [0, 0.1) is 0 Å². The number of fused-ring (bicyclic) bond motifs is 2. The molecule has 0 fully saturated rings. The molecule has 1 N–H and O–H groups in total. The van der Waals surface area contributed by atoms with Crippen LogP contribution in [0.25, 0.3) is 31.6 Å². The van der Waals surface area contributed by atoms with Crippen molar-refractivity contribution >= 4 is 32.5 Å². The topological polar surface area (TPSA) is 28.7 Å². The Bertz CT molecular complexity index is 809. The van der Waals surface area contributed by atoms with Crippen LogP contribution in [0.3, 0.4) is 0 Å². The van der Waals surface area contributed by atoms with Crippen molar-refractivity contribution in [2.24, 2.45) is 0 Å². The lowest BCUT2D eigenvalue weighted by Crippen LogP contribution is -1.78. The molecule has 18 heavy (non-hydrogen) atoms. The number of rotatable bonds is 1. The molecule has 3 heteroatoms. The molecule has 2 nitrogen and oxygen atoms in total. The maximum atomic E-state index is 4.44. The van der Waals surface area contributed by atoms with Crippen molar-refractivity contribution in [1.29, 1.82) is 0 Å². The van der Waals surface area contributed by atoms with Gasteiger partial charge >= 0.3 is 0 Å². The molecule has 3 aromatic heterocycles. The van der Waals surface area contributed by atoms with Crippen molar-refractivity contribution in [1.82, 2.24) is 9.97 Å². The smallest absolute Gasteiger partial charge is 0.137 e. The van der Waals surface area contributed by atoms with Gasteiger partial charge in [0.1, 0.15) is 5.65 Å². The lowest BCUT2D eigenvalue weighted by molar-refractivity contribution is 1.33. The number of nitrogens with zero attached hydrogens (tertiary/aromatic N) is 1.